The van der Waals surface area contributed by atoms with Crippen molar-refractivity contribution in [2.75, 3.05) is 43.4 Å². The molecule has 0 aliphatic carbocycles. The first-order chi connectivity index (χ1) is 7.79. The number of nitrogens with two attached hydrogens (primary N) is 1. The van der Waals surface area contributed by atoms with Gasteiger partial charge in [0.15, 0.2) is 0 Å². The molecule has 0 spiro atoms. The summed E-state index contributed by atoms with van der Waals surface area (Å²) in [7, 11) is 0. The molecule has 2 heterocycles. The molecule has 5 heteroatoms. The van der Waals surface area contributed by atoms with E-state index in [4.69, 9.17) is 5.73 Å². The van der Waals surface area contributed by atoms with Crippen LogP contribution in [0.5, 0.6) is 0 Å². The van der Waals surface area contributed by atoms with Crippen LogP contribution in [0.25, 0.3) is 0 Å². The van der Waals surface area contributed by atoms with Gasteiger partial charge < -0.3 is 10.6 Å². The minimum Gasteiger partial charge on any atom is -0.382 e. The lowest BCUT2D eigenvalue weighted by atomic mass is 10.3. The molecule has 1 aliphatic rings. The SMILES string of the molecule is CCCN1CCN(c2cnc(N)cn2)CC1. The predicted molar refractivity (Wildman–Crippen MR) is 65.4 cm³/mol. The summed E-state index contributed by atoms with van der Waals surface area (Å²) >= 11 is 0. The van der Waals surface area contributed by atoms with Crippen LogP contribution < -0.4 is 10.6 Å². The Labute approximate surface area is 96.3 Å². The summed E-state index contributed by atoms with van der Waals surface area (Å²) in [4.78, 5) is 13.1. The Morgan fingerprint density at radius 1 is 1.19 bits per heavy atom. The van der Waals surface area contributed by atoms with E-state index >= 15 is 0 Å². The molecule has 2 rings (SSSR count). The molecular weight excluding hydrogens is 202 g/mol. The second-order valence-electron chi connectivity index (χ2n) is 4.13. The summed E-state index contributed by atoms with van der Waals surface area (Å²) in [5.41, 5.74) is 5.52. The second-order valence-corrected chi connectivity index (χ2v) is 4.13. The van der Waals surface area contributed by atoms with Gasteiger partial charge in [-0.1, -0.05) is 6.92 Å². The van der Waals surface area contributed by atoms with Gasteiger partial charge in [-0.15, -0.1) is 0 Å². The number of aromatic nitrogens is 2. The average Bonchev–Trinajstić information content (AvgIpc) is 2.32. The quantitative estimate of drug-likeness (QED) is 0.809. The Kier molecular flexibility index (Phi) is 3.56. The van der Waals surface area contributed by atoms with Gasteiger partial charge >= 0.3 is 0 Å². The Balaban J connectivity index is 1.91. The van der Waals surface area contributed by atoms with Gasteiger partial charge in [-0.2, -0.15) is 0 Å². The van der Waals surface area contributed by atoms with Gasteiger partial charge in [-0.05, 0) is 13.0 Å². The number of piperazine rings is 1. The summed E-state index contributed by atoms with van der Waals surface area (Å²) < 4.78 is 0. The molecule has 1 aromatic heterocycles. The van der Waals surface area contributed by atoms with Crippen molar-refractivity contribution in [2.24, 2.45) is 0 Å². The third kappa shape index (κ3) is 2.61. The maximum absolute atomic E-state index is 5.52. The first-order valence-corrected chi connectivity index (χ1v) is 5.84. The highest BCUT2D eigenvalue weighted by Gasteiger charge is 2.17. The smallest absolute Gasteiger partial charge is 0.147 e. The van der Waals surface area contributed by atoms with E-state index in [0.29, 0.717) is 5.82 Å². The van der Waals surface area contributed by atoms with Gasteiger partial charge in [0, 0.05) is 26.2 Å². The third-order valence-corrected chi connectivity index (χ3v) is 2.89. The molecule has 0 unspecified atom stereocenters. The molecule has 1 aliphatic heterocycles. The standard InChI is InChI=1S/C11H19N5/c1-2-3-15-4-6-16(7-5-15)11-9-13-10(12)8-14-11/h8-9H,2-7H2,1H3,(H2,12,13). The maximum atomic E-state index is 5.52. The van der Waals surface area contributed by atoms with Crippen LogP contribution in [0.1, 0.15) is 13.3 Å². The lowest BCUT2D eigenvalue weighted by molar-refractivity contribution is 0.258. The van der Waals surface area contributed by atoms with Crippen molar-refractivity contribution < 1.29 is 0 Å². The van der Waals surface area contributed by atoms with E-state index in [1.807, 2.05) is 0 Å². The highest BCUT2D eigenvalue weighted by molar-refractivity contribution is 5.39. The van der Waals surface area contributed by atoms with Gasteiger partial charge in [0.05, 0.1) is 12.4 Å². The molecule has 1 aromatic rings. The first-order valence-electron chi connectivity index (χ1n) is 5.84. The molecule has 0 aromatic carbocycles. The van der Waals surface area contributed by atoms with Crippen molar-refractivity contribution in [2.45, 2.75) is 13.3 Å². The maximum Gasteiger partial charge on any atom is 0.147 e. The number of hydrogen-bond donors (Lipinski definition) is 1. The van der Waals surface area contributed by atoms with E-state index in [0.717, 1.165) is 32.0 Å². The van der Waals surface area contributed by atoms with Gasteiger partial charge in [0.25, 0.3) is 0 Å². The van der Waals surface area contributed by atoms with Crippen LogP contribution in [0.3, 0.4) is 0 Å². The molecule has 0 atom stereocenters. The Bertz CT molecular complexity index is 316. The topological polar surface area (TPSA) is 58.3 Å². The highest BCUT2D eigenvalue weighted by atomic mass is 15.3. The minimum atomic E-state index is 0.480. The summed E-state index contributed by atoms with van der Waals surface area (Å²) in [6.45, 7) is 7.69. The highest BCUT2D eigenvalue weighted by Crippen LogP contribution is 2.12. The largest absolute Gasteiger partial charge is 0.382 e. The summed E-state index contributed by atoms with van der Waals surface area (Å²) in [5.74, 6) is 1.42. The van der Waals surface area contributed by atoms with Crippen LogP contribution in [0.4, 0.5) is 11.6 Å². The Morgan fingerprint density at radius 2 is 1.94 bits per heavy atom. The van der Waals surface area contributed by atoms with Crippen molar-refractivity contribution >= 4 is 11.6 Å². The minimum absolute atomic E-state index is 0.480. The second kappa shape index (κ2) is 5.12. The normalized spacial score (nSPS) is 17.7. The van der Waals surface area contributed by atoms with Crippen molar-refractivity contribution in [1.29, 1.82) is 0 Å². The molecule has 16 heavy (non-hydrogen) atoms. The van der Waals surface area contributed by atoms with Crippen molar-refractivity contribution in [1.82, 2.24) is 14.9 Å². The van der Waals surface area contributed by atoms with Crippen LogP contribution in [-0.2, 0) is 0 Å². The number of anilines is 2. The molecule has 2 N–H and O–H groups in total. The van der Waals surface area contributed by atoms with E-state index in [1.54, 1.807) is 12.4 Å². The molecule has 0 saturated carbocycles. The molecule has 0 amide bonds. The molecule has 0 bridgehead atoms. The molecule has 88 valence electrons. The van der Waals surface area contributed by atoms with Crippen molar-refractivity contribution in [3.05, 3.63) is 12.4 Å². The number of nitrogen functional groups attached to an aromatic ring is 1. The Morgan fingerprint density at radius 3 is 2.50 bits per heavy atom. The van der Waals surface area contributed by atoms with E-state index in [-0.39, 0.29) is 0 Å². The van der Waals surface area contributed by atoms with E-state index in [2.05, 4.69) is 26.7 Å². The van der Waals surface area contributed by atoms with Gasteiger partial charge in [-0.3, -0.25) is 4.90 Å². The molecule has 0 radical (unpaired) electrons. The fourth-order valence-corrected chi connectivity index (χ4v) is 2.01. The predicted octanol–water partition coefficient (Wildman–Crippen LogP) is 0.591. The number of rotatable bonds is 3. The van der Waals surface area contributed by atoms with Gasteiger partial charge in [0.1, 0.15) is 11.6 Å². The van der Waals surface area contributed by atoms with E-state index < -0.39 is 0 Å². The number of nitrogens with zero attached hydrogens (tertiary/aromatic N) is 4. The molecule has 1 fully saturated rings. The fourth-order valence-electron chi connectivity index (χ4n) is 2.01. The van der Waals surface area contributed by atoms with E-state index in [9.17, 15) is 0 Å². The van der Waals surface area contributed by atoms with Crippen LogP contribution >= 0.6 is 0 Å². The van der Waals surface area contributed by atoms with Gasteiger partial charge in [-0.25, -0.2) is 9.97 Å². The molecule has 1 saturated heterocycles. The zero-order valence-electron chi connectivity index (χ0n) is 9.76. The Hall–Kier alpha value is -1.36. The number of hydrogen-bond acceptors (Lipinski definition) is 5. The van der Waals surface area contributed by atoms with Crippen LogP contribution in [0.15, 0.2) is 12.4 Å². The summed E-state index contributed by atoms with van der Waals surface area (Å²) in [6.07, 6.45) is 4.60. The average molecular weight is 221 g/mol. The monoisotopic (exact) mass is 221 g/mol. The molecular formula is C11H19N5. The zero-order chi connectivity index (χ0) is 11.4. The lowest BCUT2D eigenvalue weighted by Crippen LogP contribution is -2.46. The lowest BCUT2D eigenvalue weighted by Gasteiger charge is -2.35. The third-order valence-electron chi connectivity index (χ3n) is 2.89. The zero-order valence-corrected chi connectivity index (χ0v) is 9.76. The molecule has 5 nitrogen and oxygen atoms in total. The van der Waals surface area contributed by atoms with Gasteiger partial charge in [0.2, 0.25) is 0 Å². The summed E-state index contributed by atoms with van der Waals surface area (Å²) in [5, 5.41) is 0. The van der Waals surface area contributed by atoms with Crippen LogP contribution in [0.2, 0.25) is 0 Å². The van der Waals surface area contributed by atoms with Crippen LogP contribution in [-0.4, -0.2) is 47.6 Å². The van der Waals surface area contributed by atoms with Crippen molar-refractivity contribution in [3.8, 4) is 0 Å². The first kappa shape index (κ1) is 11.1. The van der Waals surface area contributed by atoms with Crippen LogP contribution in [0, 0.1) is 0 Å². The summed E-state index contributed by atoms with van der Waals surface area (Å²) in [6, 6.07) is 0. The fraction of sp³-hybridized carbons (Fsp3) is 0.636. The van der Waals surface area contributed by atoms with Crippen molar-refractivity contribution in [3.63, 3.8) is 0 Å². The van der Waals surface area contributed by atoms with E-state index in [1.165, 1.54) is 13.0 Å².